The van der Waals surface area contributed by atoms with E-state index in [1.165, 1.54) is 0 Å². The fraction of sp³-hybridized carbons (Fsp3) is 0.533. The summed E-state index contributed by atoms with van der Waals surface area (Å²) in [6.07, 6.45) is 4.35. The summed E-state index contributed by atoms with van der Waals surface area (Å²) < 4.78 is 11.1. The van der Waals surface area contributed by atoms with E-state index in [-0.39, 0.29) is 17.4 Å². The minimum Gasteiger partial charge on any atom is -0.490 e. The van der Waals surface area contributed by atoms with Crippen molar-refractivity contribution in [2.24, 2.45) is 0 Å². The van der Waals surface area contributed by atoms with Crippen LogP contribution in [0.4, 0.5) is 5.69 Å². The van der Waals surface area contributed by atoms with Crippen LogP contribution in [0.2, 0.25) is 0 Å². The van der Waals surface area contributed by atoms with Crippen LogP contribution >= 0.6 is 0 Å². The summed E-state index contributed by atoms with van der Waals surface area (Å²) >= 11 is 0. The number of ether oxygens (including phenoxy) is 2. The summed E-state index contributed by atoms with van der Waals surface area (Å²) in [5.74, 6) is 1.01. The van der Waals surface area contributed by atoms with Gasteiger partial charge in [-0.3, -0.25) is 4.79 Å². The molecule has 4 heteroatoms. The number of benzene rings is 1. The smallest absolute Gasteiger partial charge is 0.235 e. The Kier molecular flexibility index (Phi) is 2.36. The third kappa shape index (κ3) is 1.66. The van der Waals surface area contributed by atoms with Crippen molar-refractivity contribution in [3.8, 4) is 5.75 Å². The van der Waals surface area contributed by atoms with Gasteiger partial charge in [-0.15, -0.1) is 0 Å². The maximum Gasteiger partial charge on any atom is 0.235 e. The minimum atomic E-state index is -0.337. The molecule has 1 aromatic carbocycles. The van der Waals surface area contributed by atoms with Crippen LogP contribution < -0.4 is 10.1 Å². The van der Waals surface area contributed by atoms with E-state index >= 15 is 0 Å². The third-order valence-electron chi connectivity index (χ3n) is 4.47. The Morgan fingerprint density at radius 3 is 2.89 bits per heavy atom. The monoisotopic (exact) mass is 259 g/mol. The van der Waals surface area contributed by atoms with Gasteiger partial charge in [-0.2, -0.15) is 0 Å². The van der Waals surface area contributed by atoms with Crippen molar-refractivity contribution in [3.63, 3.8) is 0 Å². The van der Waals surface area contributed by atoms with E-state index < -0.39 is 0 Å². The lowest BCUT2D eigenvalue weighted by atomic mass is 9.79. The molecule has 4 rings (SSSR count). The number of hydrogen-bond acceptors (Lipinski definition) is 3. The standard InChI is InChI=1S/C15H17NO3/c17-14-15(6-1-2-7-15)13-11(16-14)4-3-5-12(13)19-9-10-8-18-10/h3-5,10H,1-2,6-9H2,(H,16,17)/t10-/m0/s1. The van der Waals surface area contributed by atoms with Crippen LogP contribution in [0.5, 0.6) is 5.75 Å². The predicted octanol–water partition coefficient (Wildman–Crippen LogP) is 2.23. The zero-order valence-electron chi connectivity index (χ0n) is 10.8. The van der Waals surface area contributed by atoms with Gasteiger partial charge in [0.15, 0.2) is 0 Å². The van der Waals surface area contributed by atoms with Gasteiger partial charge in [-0.1, -0.05) is 18.9 Å². The first-order valence-electron chi connectivity index (χ1n) is 6.99. The fourth-order valence-corrected chi connectivity index (χ4v) is 3.41. The van der Waals surface area contributed by atoms with E-state index in [1.54, 1.807) is 0 Å². The quantitative estimate of drug-likeness (QED) is 0.847. The molecule has 2 heterocycles. The van der Waals surface area contributed by atoms with Crippen molar-refractivity contribution in [1.29, 1.82) is 0 Å². The van der Waals surface area contributed by atoms with Crippen LogP contribution in [-0.4, -0.2) is 25.2 Å². The van der Waals surface area contributed by atoms with Crippen molar-refractivity contribution in [2.75, 3.05) is 18.5 Å². The number of hydrogen-bond donors (Lipinski definition) is 1. The summed E-state index contributed by atoms with van der Waals surface area (Å²) in [5, 5.41) is 3.02. The first-order valence-corrected chi connectivity index (χ1v) is 6.99. The number of fused-ring (bicyclic) bond motifs is 2. The topological polar surface area (TPSA) is 50.9 Å². The molecule has 1 saturated heterocycles. The zero-order valence-corrected chi connectivity index (χ0v) is 10.8. The molecule has 1 spiro atoms. The average Bonchev–Trinajstić information content (AvgIpc) is 3.04. The maximum absolute atomic E-state index is 12.4. The summed E-state index contributed by atoms with van der Waals surface area (Å²) in [7, 11) is 0. The van der Waals surface area contributed by atoms with Crippen molar-refractivity contribution in [2.45, 2.75) is 37.2 Å². The highest BCUT2D eigenvalue weighted by Crippen LogP contribution is 2.52. The molecule has 1 aromatic rings. The lowest BCUT2D eigenvalue weighted by Crippen LogP contribution is -2.31. The third-order valence-corrected chi connectivity index (χ3v) is 4.47. The van der Waals surface area contributed by atoms with Gasteiger partial charge in [0.25, 0.3) is 0 Å². The molecule has 2 aliphatic heterocycles. The number of nitrogens with one attached hydrogen (secondary N) is 1. The van der Waals surface area contributed by atoms with Gasteiger partial charge in [-0.05, 0) is 25.0 Å². The Labute approximate surface area is 112 Å². The molecule has 1 saturated carbocycles. The maximum atomic E-state index is 12.4. The Hall–Kier alpha value is -1.55. The molecule has 0 aromatic heterocycles. The highest BCUT2D eigenvalue weighted by atomic mass is 16.6. The van der Waals surface area contributed by atoms with Crippen molar-refractivity contribution >= 4 is 11.6 Å². The first kappa shape index (κ1) is 11.3. The molecule has 1 N–H and O–H groups in total. The number of anilines is 1. The number of rotatable bonds is 3. The number of epoxide rings is 1. The van der Waals surface area contributed by atoms with Gasteiger partial charge in [0, 0.05) is 11.3 Å². The van der Waals surface area contributed by atoms with Gasteiger partial charge in [-0.25, -0.2) is 0 Å². The van der Waals surface area contributed by atoms with E-state index in [0.29, 0.717) is 6.61 Å². The lowest BCUT2D eigenvalue weighted by Gasteiger charge is -2.23. The second-order valence-corrected chi connectivity index (χ2v) is 5.69. The molecule has 4 nitrogen and oxygen atoms in total. The molecule has 0 bridgehead atoms. The predicted molar refractivity (Wildman–Crippen MR) is 70.5 cm³/mol. The van der Waals surface area contributed by atoms with Crippen molar-refractivity contribution in [1.82, 2.24) is 0 Å². The van der Waals surface area contributed by atoms with Crippen molar-refractivity contribution < 1.29 is 14.3 Å². The van der Waals surface area contributed by atoms with Gasteiger partial charge >= 0.3 is 0 Å². The molecule has 1 atom stereocenters. The molecular weight excluding hydrogens is 242 g/mol. The van der Waals surface area contributed by atoms with Gasteiger partial charge in [0.2, 0.25) is 5.91 Å². The van der Waals surface area contributed by atoms with E-state index in [9.17, 15) is 4.79 Å². The van der Waals surface area contributed by atoms with Crippen LogP contribution in [-0.2, 0) is 14.9 Å². The molecular formula is C15H17NO3. The lowest BCUT2D eigenvalue weighted by molar-refractivity contribution is -0.120. The Morgan fingerprint density at radius 1 is 1.37 bits per heavy atom. The molecule has 19 heavy (non-hydrogen) atoms. The largest absolute Gasteiger partial charge is 0.490 e. The Morgan fingerprint density at radius 2 is 2.16 bits per heavy atom. The Bertz CT molecular complexity index is 530. The minimum absolute atomic E-state index is 0.152. The summed E-state index contributed by atoms with van der Waals surface area (Å²) in [6.45, 7) is 1.37. The summed E-state index contributed by atoms with van der Waals surface area (Å²) in [5.41, 5.74) is 1.68. The normalized spacial score (nSPS) is 26.3. The van der Waals surface area contributed by atoms with Crippen LogP contribution in [0, 0.1) is 0 Å². The molecule has 1 aliphatic carbocycles. The van der Waals surface area contributed by atoms with Gasteiger partial charge < -0.3 is 14.8 Å². The highest BCUT2D eigenvalue weighted by Gasteiger charge is 2.50. The van der Waals surface area contributed by atoms with E-state index in [0.717, 1.165) is 49.3 Å². The summed E-state index contributed by atoms with van der Waals surface area (Å²) in [6, 6.07) is 5.89. The number of carbonyl (C=O) groups excluding carboxylic acids is 1. The fourth-order valence-electron chi connectivity index (χ4n) is 3.41. The number of carbonyl (C=O) groups is 1. The second-order valence-electron chi connectivity index (χ2n) is 5.69. The number of amides is 1. The SMILES string of the molecule is O=C1Nc2cccc(OC[C@@H]3CO3)c2C12CCCC2. The average molecular weight is 259 g/mol. The molecule has 1 amide bonds. The zero-order chi connectivity index (χ0) is 12.9. The Balaban J connectivity index is 1.73. The van der Waals surface area contributed by atoms with Gasteiger partial charge in [0.05, 0.1) is 12.0 Å². The highest BCUT2D eigenvalue weighted by molar-refractivity contribution is 6.07. The molecule has 3 aliphatic rings. The van der Waals surface area contributed by atoms with Crippen LogP contribution in [0.1, 0.15) is 31.2 Å². The van der Waals surface area contributed by atoms with E-state index in [1.807, 2.05) is 18.2 Å². The van der Waals surface area contributed by atoms with E-state index in [4.69, 9.17) is 9.47 Å². The van der Waals surface area contributed by atoms with E-state index in [2.05, 4.69) is 5.32 Å². The molecule has 0 unspecified atom stereocenters. The summed E-state index contributed by atoms with van der Waals surface area (Å²) in [4.78, 5) is 12.4. The van der Waals surface area contributed by atoms with Gasteiger partial charge in [0.1, 0.15) is 18.5 Å². The van der Waals surface area contributed by atoms with Crippen molar-refractivity contribution in [3.05, 3.63) is 23.8 Å². The molecule has 2 fully saturated rings. The van der Waals surface area contributed by atoms with Crippen LogP contribution in [0.3, 0.4) is 0 Å². The second kappa shape index (κ2) is 3.97. The van der Waals surface area contributed by atoms with Crippen LogP contribution in [0.25, 0.3) is 0 Å². The van der Waals surface area contributed by atoms with Crippen LogP contribution in [0.15, 0.2) is 18.2 Å². The first-order chi connectivity index (χ1) is 9.29. The molecule has 0 radical (unpaired) electrons. The molecule has 100 valence electrons.